The van der Waals surface area contributed by atoms with Crippen molar-refractivity contribution in [3.8, 4) is 0 Å². The van der Waals surface area contributed by atoms with Gasteiger partial charge in [-0.25, -0.2) is 4.99 Å². The lowest BCUT2D eigenvalue weighted by atomic mass is 10.0. The normalized spacial score (nSPS) is 17.9. The Kier molecular flexibility index (Phi) is 8.34. The maximum atomic E-state index is 10.7. The van der Waals surface area contributed by atoms with Crippen LogP contribution in [0.5, 0.6) is 0 Å². The molecule has 3 rings (SSSR count). The highest BCUT2D eigenvalue weighted by molar-refractivity contribution is 5.79. The van der Waals surface area contributed by atoms with Gasteiger partial charge in [-0.3, -0.25) is 4.90 Å². The molecule has 1 fully saturated rings. The summed E-state index contributed by atoms with van der Waals surface area (Å²) in [7, 11) is 0. The highest BCUT2D eigenvalue weighted by atomic mass is 16.4. The van der Waals surface area contributed by atoms with E-state index in [0.29, 0.717) is 24.8 Å². The third-order valence-electron chi connectivity index (χ3n) is 5.61. The lowest BCUT2D eigenvalue weighted by Gasteiger charge is -2.23. The van der Waals surface area contributed by atoms with Crippen molar-refractivity contribution in [3.05, 3.63) is 59.5 Å². The monoisotopic (exact) mass is 412 g/mol. The lowest BCUT2D eigenvalue weighted by molar-refractivity contribution is 0.0386. The molecule has 1 atom stereocenters. The Labute approximate surface area is 180 Å². The molecule has 30 heavy (non-hydrogen) atoms. The summed E-state index contributed by atoms with van der Waals surface area (Å²) in [4.78, 5) is 7.34. The minimum atomic E-state index is -1.11. The molecule has 1 aliphatic rings. The summed E-state index contributed by atoms with van der Waals surface area (Å²) in [6.45, 7) is 8.79. The molecule has 0 saturated carbocycles. The van der Waals surface area contributed by atoms with Gasteiger partial charge in [-0.2, -0.15) is 0 Å². The minimum absolute atomic E-state index is 0.307. The molecule has 3 N–H and O–H groups in total. The first-order chi connectivity index (χ1) is 14.6. The SMILES string of the molecule is CCNC(=NCc1ccccc1CN1CCCCCC1)NCC(C)(O)c1ccco1. The van der Waals surface area contributed by atoms with Crippen molar-refractivity contribution < 1.29 is 9.52 Å². The van der Waals surface area contributed by atoms with Crippen molar-refractivity contribution in [1.82, 2.24) is 15.5 Å². The fourth-order valence-electron chi connectivity index (χ4n) is 3.84. The van der Waals surface area contributed by atoms with Crippen molar-refractivity contribution in [3.63, 3.8) is 0 Å². The Hall–Kier alpha value is -2.31. The average Bonchev–Trinajstić information content (AvgIpc) is 3.18. The average molecular weight is 413 g/mol. The second-order valence-corrected chi connectivity index (χ2v) is 8.26. The molecule has 1 unspecified atom stereocenters. The van der Waals surface area contributed by atoms with E-state index in [0.717, 1.165) is 13.1 Å². The number of nitrogens with one attached hydrogen (secondary N) is 2. The summed E-state index contributed by atoms with van der Waals surface area (Å²) < 4.78 is 5.36. The molecule has 1 aromatic heterocycles. The number of benzene rings is 1. The van der Waals surface area contributed by atoms with Crippen molar-refractivity contribution in [2.24, 2.45) is 4.99 Å². The fraction of sp³-hybridized carbons (Fsp3) is 0.542. The van der Waals surface area contributed by atoms with Crippen LogP contribution in [0.15, 0.2) is 52.1 Å². The molecule has 6 nitrogen and oxygen atoms in total. The van der Waals surface area contributed by atoms with Crippen molar-refractivity contribution >= 4 is 5.96 Å². The second kappa shape index (κ2) is 11.2. The van der Waals surface area contributed by atoms with E-state index in [1.807, 2.05) is 6.92 Å². The van der Waals surface area contributed by atoms with Gasteiger partial charge < -0.3 is 20.2 Å². The Morgan fingerprint density at radius 2 is 1.80 bits per heavy atom. The first-order valence-corrected chi connectivity index (χ1v) is 11.2. The molecule has 0 bridgehead atoms. The van der Waals surface area contributed by atoms with Crippen LogP contribution in [0.2, 0.25) is 0 Å². The van der Waals surface area contributed by atoms with E-state index in [1.54, 1.807) is 25.3 Å². The number of rotatable bonds is 8. The van der Waals surface area contributed by atoms with E-state index in [1.165, 1.54) is 49.9 Å². The maximum Gasteiger partial charge on any atom is 0.191 e. The topological polar surface area (TPSA) is 73.0 Å². The van der Waals surface area contributed by atoms with Crippen LogP contribution in [0.3, 0.4) is 0 Å². The van der Waals surface area contributed by atoms with E-state index in [4.69, 9.17) is 9.41 Å². The molecule has 0 amide bonds. The Bertz CT molecular complexity index is 778. The third-order valence-corrected chi connectivity index (χ3v) is 5.61. The number of hydrogen-bond donors (Lipinski definition) is 3. The number of likely N-dealkylation sites (tertiary alicyclic amines) is 1. The van der Waals surface area contributed by atoms with Crippen LogP contribution in [-0.4, -0.2) is 42.1 Å². The van der Waals surface area contributed by atoms with Gasteiger partial charge in [-0.15, -0.1) is 0 Å². The van der Waals surface area contributed by atoms with Crippen molar-refractivity contribution in [1.29, 1.82) is 0 Å². The van der Waals surface area contributed by atoms with Crippen LogP contribution in [0, 0.1) is 0 Å². The van der Waals surface area contributed by atoms with Gasteiger partial charge in [-0.1, -0.05) is 37.1 Å². The Balaban J connectivity index is 1.64. The van der Waals surface area contributed by atoms with Crippen molar-refractivity contribution in [2.75, 3.05) is 26.2 Å². The number of aliphatic hydroxyl groups is 1. The first kappa shape index (κ1) is 22.4. The third kappa shape index (κ3) is 6.61. The van der Waals surface area contributed by atoms with Crippen LogP contribution in [0.25, 0.3) is 0 Å². The van der Waals surface area contributed by atoms with Gasteiger partial charge in [0.05, 0.1) is 19.4 Å². The zero-order valence-corrected chi connectivity index (χ0v) is 18.4. The molecular weight excluding hydrogens is 376 g/mol. The Morgan fingerprint density at radius 3 is 2.47 bits per heavy atom. The molecule has 0 radical (unpaired) electrons. The molecule has 1 saturated heterocycles. The molecule has 6 heteroatoms. The second-order valence-electron chi connectivity index (χ2n) is 8.26. The summed E-state index contributed by atoms with van der Waals surface area (Å²) >= 11 is 0. The highest BCUT2D eigenvalue weighted by Gasteiger charge is 2.26. The molecule has 1 aliphatic heterocycles. The van der Waals surface area contributed by atoms with Gasteiger partial charge in [0.2, 0.25) is 0 Å². The first-order valence-electron chi connectivity index (χ1n) is 11.2. The van der Waals surface area contributed by atoms with Crippen LogP contribution < -0.4 is 10.6 Å². The van der Waals surface area contributed by atoms with Crippen LogP contribution in [-0.2, 0) is 18.7 Å². The summed E-state index contributed by atoms with van der Waals surface area (Å²) in [5.74, 6) is 1.22. The summed E-state index contributed by atoms with van der Waals surface area (Å²) in [5.41, 5.74) is 1.49. The molecule has 2 heterocycles. The van der Waals surface area contributed by atoms with Crippen molar-refractivity contribution in [2.45, 2.75) is 58.2 Å². The van der Waals surface area contributed by atoms with Gasteiger partial charge in [0.25, 0.3) is 0 Å². The zero-order chi connectivity index (χ0) is 21.2. The van der Waals surface area contributed by atoms with E-state index in [-0.39, 0.29) is 0 Å². The van der Waals surface area contributed by atoms with Gasteiger partial charge >= 0.3 is 0 Å². The summed E-state index contributed by atoms with van der Waals surface area (Å²) in [5, 5.41) is 17.2. The van der Waals surface area contributed by atoms with E-state index in [9.17, 15) is 5.11 Å². The molecule has 0 spiro atoms. The maximum absolute atomic E-state index is 10.7. The minimum Gasteiger partial charge on any atom is -0.466 e. The molecule has 0 aliphatic carbocycles. The number of guanidine groups is 1. The van der Waals surface area contributed by atoms with Gasteiger partial charge in [-0.05, 0) is 63.0 Å². The highest BCUT2D eigenvalue weighted by Crippen LogP contribution is 2.20. The summed E-state index contributed by atoms with van der Waals surface area (Å²) in [6.07, 6.45) is 6.86. The van der Waals surface area contributed by atoms with Gasteiger partial charge in [0.15, 0.2) is 5.96 Å². The largest absolute Gasteiger partial charge is 0.466 e. The zero-order valence-electron chi connectivity index (χ0n) is 18.4. The molecule has 2 aromatic rings. The molecule has 1 aromatic carbocycles. The lowest BCUT2D eigenvalue weighted by Crippen LogP contribution is -2.44. The van der Waals surface area contributed by atoms with Gasteiger partial charge in [0, 0.05) is 13.1 Å². The van der Waals surface area contributed by atoms with Crippen LogP contribution >= 0.6 is 0 Å². The number of nitrogens with zero attached hydrogens (tertiary/aromatic N) is 2. The number of hydrogen-bond acceptors (Lipinski definition) is 4. The molecule has 164 valence electrons. The predicted molar refractivity (Wildman–Crippen MR) is 121 cm³/mol. The molecular formula is C24H36N4O2. The fourth-order valence-corrected chi connectivity index (χ4v) is 3.84. The van der Waals surface area contributed by atoms with Crippen LogP contribution in [0.4, 0.5) is 0 Å². The summed E-state index contributed by atoms with van der Waals surface area (Å²) in [6, 6.07) is 12.1. The number of furan rings is 1. The number of aliphatic imine (C=N–C) groups is 1. The Morgan fingerprint density at radius 1 is 1.07 bits per heavy atom. The van der Waals surface area contributed by atoms with E-state index in [2.05, 4.69) is 39.8 Å². The quantitative estimate of drug-likeness (QED) is 0.456. The van der Waals surface area contributed by atoms with E-state index < -0.39 is 5.60 Å². The van der Waals surface area contributed by atoms with E-state index >= 15 is 0 Å². The predicted octanol–water partition coefficient (Wildman–Crippen LogP) is 3.62. The van der Waals surface area contributed by atoms with Crippen LogP contribution in [0.1, 0.15) is 56.4 Å². The smallest absolute Gasteiger partial charge is 0.191 e. The standard InChI is InChI=1S/C24H36N4O2/c1-3-25-23(27-19-24(2,29)22-13-10-16-30-22)26-17-20-11-6-7-12-21(20)18-28-14-8-4-5-9-15-28/h6-7,10-13,16,29H,3-5,8-9,14-15,17-19H2,1-2H3,(H2,25,26,27). The van der Waals surface area contributed by atoms with Gasteiger partial charge in [0.1, 0.15) is 11.4 Å².